The first-order valence-electron chi connectivity index (χ1n) is 3.49. The molecule has 0 saturated carbocycles. The molecule has 0 aliphatic rings. The average Bonchev–Trinajstić information content (AvgIpc) is 2.59. The Hall–Kier alpha value is -1.89. The molecule has 7 heteroatoms. The van der Waals surface area contributed by atoms with Crippen LogP contribution < -0.4 is 0 Å². The monoisotopic (exact) mass is 203 g/mol. The third kappa shape index (κ3) is 6.80. The van der Waals surface area contributed by atoms with Crippen molar-refractivity contribution < 1.29 is 29.3 Å². The Morgan fingerprint density at radius 1 is 1.43 bits per heavy atom. The van der Waals surface area contributed by atoms with Crippen molar-refractivity contribution in [2.24, 2.45) is 0 Å². The summed E-state index contributed by atoms with van der Waals surface area (Å²) < 4.78 is 4.47. The van der Waals surface area contributed by atoms with Gasteiger partial charge in [0.2, 0.25) is 0 Å². The Balaban J connectivity index is 0.000000280. The van der Waals surface area contributed by atoms with Crippen LogP contribution in [0.25, 0.3) is 0 Å². The van der Waals surface area contributed by atoms with Crippen molar-refractivity contribution in [3.05, 3.63) is 18.9 Å². The average molecular weight is 203 g/mol. The number of hydrogen-bond donors (Lipinski definition) is 3. The van der Waals surface area contributed by atoms with E-state index in [1.54, 1.807) is 6.20 Å². The molecule has 1 unspecified atom stereocenters. The number of rotatable bonds is 3. The van der Waals surface area contributed by atoms with Crippen molar-refractivity contribution in [1.82, 2.24) is 4.98 Å². The smallest absolute Gasteiger partial charge is 0.333 e. The molecule has 7 nitrogen and oxygen atoms in total. The van der Waals surface area contributed by atoms with Gasteiger partial charge >= 0.3 is 11.9 Å². The zero-order chi connectivity index (χ0) is 11.0. The highest BCUT2D eigenvalue weighted by atomic mass is 16.4. The Morgan fingerprint density at radius 3 is 2.21 bits per heavy atom. The second kappa shape index (κ2) is 6.61. The summed E-state index contributed by atoms with van der Waals surface area (Å²) >= 11 is 0. The Bertz CT molecular complexity index is 252. The minimum absolute atomic E-state index is 0.755. The summed E-state index contributed by atoms with van der Waals surface area (Å²) in [5.41, 5.74) is 0. The van der Waals surface area contributed by atoms with Crippen LogP contribution in [0.15, 0.2) is 23.3 Å². The van der Waals surface area contributed by atoms with E-state index in [0.29, 0.717) is 0 Å². The molecule has 3 N–H and O–H groups in total. The topological polar surface area (TPSA) is 121 Å². The fourth-order valence-corrected chi connectivity index (χ4v) is 0.428. The van der Waals surface area contributed by atoms with E-state index in [1.165, 1.54) is 12.7 Å². The maximum absolute atomic E-state index is 9.72. The maximum atomic E-state index is 9.72. The molecular formula is C7H9NO6. The lowest BCUT2D eigenvalue weighted by atomic mass is 10.3. The largest absolute Gasteiger partial charge is 0.481 e. The van der Waals surface area contributed by atoms with E-state index in [0.717, 1.165) is 0 Å². The molecule has 0 amide bonds. The van der Waals surface area contributed by atoms with Crippen LogP contribution in [0.3, 0.4) is 0 Å². The van der Waals surface area contributed by atoms with Gasteiger partial charge in [0.05, 0.1) is 12.6 Å². The van der Waals surface area contributed by atoms with Gasteiger partial charge in [0, 0.05) is 0 Å². The van der Waals surface area contributed by atoms with E-state index in [2.05, 4.69) is 9.40 Å². The molecular weight excluding hydrogens is 194 g/mol. The van der Waals surface area contributed by atoms with Gasteiger partial charge in [-0.3, -0.25) is 4.79 Å². The van der Waals surface area contributed by atoms with E-state index in [1.807, 2.05) is 0 Å². The first-order chi connectivity index (χ1) is 6.54. The molecule has 0 aromatic carbocycles. The third-order valence-electron chi connectivity index (χ3n) is 1.00. The number of carboxylic acids is 2. The maximum Gasteiger partial charge on any atom is 0.333 e. The molecule has 1 aromatic rings. The van der Waals surface area contributed by atoms with Crippen molar-refractivity contribution in [2.75, 3.05) is 0 Å². The molecule has 1 heterocycles. The predicted molar refractivity (Wildman–Crippen MR) is 42.4 cm³/mol. The molecule has 14 heavy (non-hydrogen) atoms. The summed E-state index contributed by atoms with van der Waals surface area (Å²) in [6.07, 6.45) is 1.93. The van der Waals surface area contributed by atoms with Crippen LogP contribution in [0.2, 0.25) is 0 Å². The highest BCUT2D eigenvalue weighted by Gasteiger charge is 2.16. The van der Waals surface area contributed by atoms with Crippen LogP contribution in [-0.2, 0) is 9.59 Å². The SMILES string of the molecule is O=C(O)CC(O)C(=O)O.c1cocn1. The van der Waals surface area contributed by atoms with Crippen LogP contribution in [0.5, 0.6) is 0 Å². The third-order valence-corrected chi connectivity index (χ3v) is 1.00. The van der Waals surface area contributed by atoms with Crippen molar-refractivity contribution in [3.63, 3.8) is 0 Å². The van der Waals surface area contributed by atoms with Gasteiger partial charge in [-0.05, 0) is 0 Å². The van der Waals surface area contributed by atoms with Gasteiger partial charge in [-0.2, -0.15) is 0 Å². The van der Waals surface area contributed by atoms with Gasteiger partial charge in [-0.1, -0.05) is 0 Å². The van der Waals surface area contributed by atoms with Gasteiger partial charge in [-0.15, -0.1) is 0 Å². The first kappa shape index (κ1) is 12.1. The van der Waals surface area contributed by atoms with Crippen LogP contribution in [0.4, 0.5) is 0 Å². The Kier molecular flexibility index (Phi) is 5.72. The minimum atomic E-state index is -1.79. The summed E-state index contributed by atoms with van der Waals surface area (Å²) in [6, 6.07) is 0. The number of carbonyl (C=O) groups is 2. The van der Waals surface area contributed by atoms with Gasteiger partial charge in [0.25, 0.3) is 0 Å². The standard InChI is InChI=1S/C4H6O5.C3H3NO/c5-2(4(8)9)1-3(6)7;1-2-5-3-4-1/h2,5H,1H2,(H,6,7)(H,8,9);1-3H. The molecule has 1 aromatic heterocycles. The number of carboxylic acid groups (broad SMARTS) is 2. The van der Waals surface area contributed by atoms with Crippen molar-refractivity contribution >= 4 is 11.9 Å². The molecule has 0 fully saturated rings. The lowest BCUT2D eigenvalue weighted by molar-refractivity contribution is -0.152. The van der Waals surface area contributed by atoms with Gasteiger partial charge < -0.3 is 19.7 Å². The normalized spacial score (nSPS) is 10.9. The zero-order valence-corrected chi connectivity index (χ0v) is 7.03. The van der Waals surface area contributed by atoms with E-state index in [-0.39, 0.29) is 0 Å². The van der Waals surface area contributed by atoms with E-state index in [9.17, 15) is 9.59 Å². The molecule has 0 aliphatic carbocycles. The molecule has 0 saturated heterocycles. The highest BCUT2D eigenvalue weighted by molar-refractivity contribution is 5.79. The number of oxazole rings is 1. The summed E-state index contributed by atoms with van der Waals surface area (Å²) in [4.78, 5) is 23.0. The van der Waals surface area contributed by atoms with Crippen LogP contribution in [0.1, 0.15) is 6.42 Å². The summed E-state index contributed by atoms with van der Waals surface area (Å²) in [5, 5.41) is 24.1. The molecule has 1 rings (SSSR count). The van der Waals surface area contributed by atoms with E-state index < -0.39 is 24.5 Å². The highest BCUT2D eigenvalue weighted by Crippen LogP contribution is 1.89. The van der Waals surface area contributed by atoms with Crippen LogP contribution in [0, 0.1) is 0 Å². The van der Waals surface area contributed by atoms with Gasteiger partial charge in [0.1, 0.15) is 6.26 Å². The quantitative estimate of drug-likeness (QED) is 0.609. The molecule has 78 valence electrons. The van der Waals surface area contributed by atoms with E-state index >= 15 is 0 Å². The number of hydrogen-bond acceptors (Lipinski definition) is 5. The second-order valence-electron chi connectivity index (χ2n) is 2.13. The van der Waals surface area contributed by atoms with Crippen molar-refractivity contribution in [3.8, 4) is 0 Å². The Labute approximate surface area is 78.6 Å². The minimum Gasteiger partial charge on any atom is -0.481 e. The Morgan fingerprint density at radius 2 is 2.07 bits per heavy atom. The molecule has 0 radical (unpaired) electrons. The fourth-order valence-electron chi connectivity index (χ4n) is 0.428. The number of aliphatic hydroxyl groups is 1. The molecule has 0 bridgehead atoms. The van der Waals surface area contributed by atoms with Crippen molar-refractivity contribution in [1.29, 1.82) is 0 Å². The fraction of sp³-hybridized carbons (Fsp3) is 0.286. The van der Waals surface area contributed by atoms with Gasteiger partial charge in [-0.25, -0.2) is 9.78 Å². The molecule has 1 atom stereocenters. The van der Waals surface area contributed by atoms with E-state index in [4.69, 9.17) is 15.3 Å². The van der Waals surface area contributed by atoms with Crippen LogP contribution in [-0.4, -0.2) is 38.3 Å². The first-order valence-corrected chi connectivity index (χ1v) is 3.49. The van der Waals surface area contributed by atoms with Gasteiger partial charge in [0.15, 0.2) is 12.5 Å². The van der Waals surface area contributed by atoms with Crippen LogP contribution >= 0.6 is 0 Å². The number of aliphatic hydroxyl groups excluding tert-OH is 1. The summed E-state index contributed by atoms with van der Waals surface area (Å²) in [6.45, 7) is 0. The number of nitrogens with zero attached hydrogens (tertiary/aromatic N) is 1. The number of aliphatic carboxylic acids is 2. The lowest BCUT2D eigenvalue weighted by Gasteiger charge is -1.97. The predicted octanol–water partition coefficient (Wildman–Crippen LogP) is -0.419. The molecule has 0 aliphatic heterocycles. The number of aromatic nitrogens is 1. The molecule has 0 spiro atoms. The van der Waals surface area contributed by atoms with Crippen molar-refractivity contribution in [2.45, 2.75) is 12.5 Å². The summed E-state index contributed by atoms with van der Waals surface area (Å²) in [7, 11) is 0. The summed E-state index contributed by atoms with van der Waals surface area (Å²) in [5.74, 6) is -2.85. The lowest BCUT2D eigenvalue weighted by Crippen LogP contribution is -2.22. The second-order valence-corrected chi connectivity index (χ2v) is 2.13. The zero-order valence-electron chi connectivity index (χ0n) is 7.03.